The van der Waals surface area contributed by atoms with Crippen molar-refractivity contribution in [2.45, 2.75) is 12.8 Å². The summed E-state index contributed by atoms with van der Waals surface area (Å²) in [6.45, 7) is -0.0329. The van der Waals surface area contributed by atoms with E-state index in [2.05, 4.69) is 15.5 Å². The van der Waals surface area contributed by atoms with Gasteiger partial charge in [0.2, 0.25) is 0 Å². The average Bonchev–Trinajstić information content (AvgIpc) is 2.91. The number of alkyl halides is 2. The Balaban J connectivity index is 0.00000242. The van der Waals surface area contributed by atoms with E-state index in [1.54, 1.807) is 25.1 Å². The molecule has 0 saturated heterocycles. The van der Waals surface area contributed by atoms with E-state index in [1.807, 2.05) is 0 Å². The summed E-state index contributed by atoms with van der Waals surface area (Å²) in [7, 11) is 0. The van der Waals surface area contributed by atoms with E-state index in [0.717, 1.165) is 0 Å². The number of halogens is 3. The van der Waals surface area contributed by atoms with E-state index in [1.165, 1.54) is 6.07 Å². The minimum atomic E-state index is -3.15. The van der Waals surface area contributed by atoms with Crippen LogP contribution in [0.25, 0.3) is 11.5 Å². The summed E-state index contributed by atoms with van der Waals surface area (Å²) < 4.78 is 31.1. The first-order valence-electron chi connectivity index (χ1n) is 6.19. The Morgan fingerprint density at radius 3 is 2.68 bits per heavy atom. The zero-order valence-corrected chi connectivity index (χ0v) is 12.5. The van der Waals surface area contributed by atoms with Crippen LogP contribution in [-0.4, -0.2) is 35.1 Å². The summed E-state index contributed by atoms with van der Waals surface area (Å²) in [6, 6.07) is 6.39. The van der Waals surface area contributed by atoms with E-state index in [9.17, 15) is 13.6 Å². The molecule has 0 fully saturated rings. The Morgan fingerprint density at radius 1 is 1.41 bits per heavy atom. The first-order valence-corrected chi connectivity index (χ1v) is 6.19. The lowest BCUT2D eigenvalue weighted by molar-refractivity contribution is 0.0119. The monoisotopic (exact) mass is 332 g/mol. The average molecular weight is 333 g/mol. The second kappa shape index (κ2) is 7.28. The van der Waals surface area contributed by atoms with Crippen LogP contribution in [0.5, 0.6) is 0 Å². The topological polar surface area (TPSA) is 94.0 Å². The molecular formula is C13H15ClF2N4O2. The molecule has 0 aliphatic carbocycles. The zero-order chi connectivity index (χ0) is 15.5. The molecule has 1 heterocycles. The molecule has 2 rings (SSSR count). The summed E-state index contributed by atoms with van der Waals surface area (Å²) in [5.74, 6) is -3.24. The normalized spacial score (nSPS) is 10.9. The van der Waals surface area contributed by atoms with Gasteiger partial charge >= 0.3 is 0 Å². The van der Waals surface area contributed by atoms with Crippen molar-refractivity contribution >= 4 is 18.3 Å². The van der Waals surface area contributed by atoms with Gasteiger partial charge in [0.25, 0.3) is 17.7 Å². The van der Waals surface area contributed by atoms with Crippen LogP contribution >= 0.6 is 12.4 Å². The highest BCUT2D eigenvalue weighted by molar-refractivity contribution is 5.99. The molecule has 0 radical (unpaired) electrons. The van der Waals surface area contributed by atoms with E-state index < -0.39 is 24.9 Å². The Hall–Kier alpha value is -2.06. The van der Waals surface area contributed by atoms with Gasteiger partial charge in [-0.1, -0.05) is 17.3 Å². The predicted molar refractivity (Wildman–Crippen MR) is 78.1 cm³/mol. The molecule has 1 aromatic carbocycles. The quantitative estimate of drug-likeness (QED) is 0.870. The second-order valence-corrected chi connectivity index (χ2v) is 4.44. The largest absolute Gasteiger partial charge is 0.346 e. The van der Waals surface area contributed by atoms with Gasteiger partial charge in [-0.25, -0.2) is 8.78 Å². The number of carbonyl (C=O) groups is 1. The molecule has 0 spiro atoms. The van der Waals surface area contributed by atoms with Gasteiger partial charge in [0.1, 0.15) is 0 Å². The highest BCUT2D eigenvalue weighted by atomic mass is 35.5. The van der Waals surface area contributed by atoms with Crippen LogP contribution in [0.3, 0.4) is 0 Å². The number of rotatable bonds is 5. The third-order valence-electron chi connectivity index (χ3n) is 2.74. The van der Waals surface area contributed by atoms with Crippen LogP contribution in [0.2, 0.25) is 0 Å². The van der Waals surface area contributed by atoms with Crippen molar-refractivity contribution in [1.29, 1.82) is 0 Å². The zero-order valence-electron chi connectivity index (χ0n) is 11.7. The van der Waals surface area contributed by atoms with Crippen molar-refractivity contribution in [1.82, 2.24) is 15.5 Å². The van der Waals surface area contributed by atoms with Gasteiger partial charge in [0, 0.05) is 0 Å². The van der Waals surface area contributed by atoms with E-state index in [-0.39, 0.29) is 23.9 Å². The molecule has 6 nitrogen and oxygen atoms in total. The summed E-state index contributed by atoms with van der Waals surface area (Å²) >= 11 is 0. The third kappa shape index (κ3) is 4.22. The number of aromatic nitrogens is 2. The van der Waals surface area contributed by atoms with E-state index in [0.29, 0.717) is 11.4 Å². The summed E-state index contributed by atoms with van der Waals surface area (Å²) in [6.07, 6.45) is 0. The molecule has 9 heteroatoms. The van der Waals surface area contributed by atoms with Gasteiger partial charge in [-0.2, -0.15) is 4.98 Å². The number of nitrogens with two attached hydrogens (primary N) is 1. The van der Waals surface area contributed by atoms with Gasteiger partial charge in [-0.05, 0) is 19.1 Å². The van der Waals surface area contributed by atoms with Crippen LogP contribution in [0.4, 0.5) is 8.78 Å². The number of amides is 1. The number of nitrogens with zero attached hydrogens (tertiary/aromatic N) is 2. The van der Waals surface area contributed by atoms with E-state index in [4.69, 9.17) is 10.3 Å². The minimum absolute atomic E-state index is 0. The lowest BCUT2D eigenvalue weighted by Crippen LogP contribution is -2.41. The molecule has 0 atom stereocenters. The molecule has 0 aliphatic heterocycles. The summed E-state index contributed by atoms with van der Waals surface area (Å²) in [5, 5.41) is 5.79. The number of hydrogen-bond acceptors (Lipinski definition) is 5. The Labute approximate surface area is 131 Å². The highest BCUT2D eigenvalue weighted by Gasteiger charge is 2.28. The maximum absolute atomic E-state index is 13.1. The van der Waals surface area contributed by atoms with Crippen molar-refractivity contribution in [2.75, 3.05) is 13.1 Å². The lowest BCUT2D eigenvalue weighted by Gasteiger charge is -2.15. The third-order valence-corrected chi connectivity index (χ3v) is 2.74. The van der Waals surface area contributed by atoms with Crippen LogP contribution in [0, 0.1) is 6.92 Å². The molecule has 0 unspecified atom stereocenters. The fourth-order valence-corrected chi connectivity index (χ4v) is 1.65. The first-order chi connectivity index (χ1) is 9.93. The molecule has 120 valence electrons. The molecule has 0 bridgehead atoms. The predicted octanol–water partition coefficient (Wildman–Crippen LogP) is 1.79. The smallest absolute Gasteiger partial charge is 0.277 e. The van der Waals surface area contributed by atoms with Crippen LogP contribution in [-0.2, 0) is 0 Å². The van der Waals surface area contributed by atoms with Gasteiger partial charge in [-0.3, -0.25) is 4.79 Å². The number of hydrogen-bond donors (Lipinski definition) is 2. The Bertz CT molecular complexity index is 648. The maximum Gasteiger partial charge on any atom is 0.277 e. The van der Waals surface area contributed by atoms with Gasteiger partial charge < -0.3 is 15.6 Å². The maximum atomic E-state index is 13.1. The fraction of sp³-hybridized carbons (Fsp3) is 0.308. The van der Waals surface area contributed by atoms with Crippen molar-refractivity contribution in [2.24, 2.45) is 5.73 Å². The fourth-order valence-electron chi connectivity index (χ4n) is 1.65. The SMILES string of the molecule is Cc1noc(-c2ccccc2C(=O)NCC(F)(F)CN)n1.Cl. The molecule has 0 aliphatic rings. The highest BCUT2D eigenvalue weighted by Crippen LogP contribution is 2.22. The Kier molecular flexibility index (Phi) is 5.95. The number of nitrogens with one attached hydrogen (secondary N) is 1. The molecule has 0 saturated carbocycles. The van der Waals surface area contributed by atoms with E-state index >= 15 is 0 Å². The van der Waals surface area contributed by atoms with Crippen molar-refractivity contribution in [3.63, 3.8) is 0 Å². The van der Waals surface area contributed by atoms with Gasteiger partial charge in [-0.15, -0.1) is 12.4 Å². The summed E-state index contributed by atoms with van der Waals surface area (Å²) in [5.41, 5.74) is 5.48. The molecule has 22 heavy (non-hydrogen) atoms. The van der Waals surface area contributed by atoms with Crippen LogP contribution in [0.1, 0.15) is 16.2 Å². The molecule has 3 N–H and O–H groups in total. The van der Waals surface area contributed by atoms with Crippen molar-refractivity contribution in [3.8, 4) is 11.5 Å². The van der Waals surface area contributed by atoms with Crippen LogP contribution in [0.15, 0.2) is 28.8 Å². The lowest BCUT2D eigenvalue weighted by atomic mass is 10.1. The Morgan fingerprint density at radius 2 is 2.09 bits per heavy atom. The standard InChI is InChI=1S/C13H14F2N4O2.ClH/c1-8-18-12(21-19-8)10-5-3-2-4-9(10)11(20)17-7-13(14,15)6-16;/h2-5H,6-7,16H2,1H3,(H,17,20);1H. The molecule has 2 aromatic rings. The molecule has 1 amide bonds. The van der Waals surface area contributed by atoms with Crippen molar-refractivity contribution < 1.29 is 18.1 Å². The molecule has 1 aromatic heterocycles. The minimum Gasteiger partial charge on any atom is -0.346 e. The van der Waals surface area contributed by atoms with Gasteiger partial charge in [0.05, 0.1) is 24.2 Å². The number of aryl methyl sites for hydroxylation is 1. The number of benzene rings is 1. The second-order valence-electron chi connectivity index (χ2n) is 4.44. The molecular weight excluding hydrogens is 318 g/mol. The van der Waals surface area contributed by atoms with Crippen molar-refractivity contribution in [3.05, 3.63) is 35.7 Å². The van der Waals surface area contributed by atoms with Gasteiger partial charge in [0.15, 0.2) is 5.82 Å². The summed E-state index contributed by atoms with van der Waals surface area (Å²) in [4.78, 5) is 16.1. The van der Waals surface area contributed by atoms with Crippen LogP contribution < -0.4 is 11.1 Å². The number of carbonyl (C=O) groups excluding carboxylic acids is 1. The first kappa shape index (κ1) is 18.0.